The van der Waals surface area contributed by atoms with Gasteiger partial charge in [-0.05, 0) is 18.6 Å². The van der Waals surface area contributed by atoms with E-state index in [1.807, 2.05) is 25.1 Å². The van der Waals surface area contributed by atoms with Crippen molar-refractivity contribution in [2.45, 2.75) is 18.4 Å². The number of rotatable bonds is 5. The monoisotopic (exact) mass is 330 g/mol. The van der Waals surface area contributed by atoms with Crippen LogP contribution >= 0.6 is 0 Å². The molecule has 2 aromatic heterocycles. The number of hydrogen-bond donors (Lipinski definition) is 1. The summed E-state index contributed by atoms with van der Waals surface area (Å²) < 4.78 is 5.80. The van der Waals surface area contributed by atoms with Crippen molar-refractivity contribution >= 4 is 11.6 Å². The third kappa shape index (κ3) is 3.38. The summed E-state index contributed by atoms with van der Waals surface area (Å²) in [5.74, 6) is 0.820. The third-order valence-corrected chi connectivity index (χ3v) is 4.27. The van der Waals surface area contributed by atoms with E-state index in [2.05, 4.69) is 20.2 Å². The lowest BCUT2D eigenvalue weighted by atomic mass is 10.0. The second-order valence-corrected chi connectivity index (χ2v) is 6.15. The van der Waals surface area contributed by atoms with Crippen LogP contribution in [0, 0.1) is 0 Å². The summed E-state index contributed by atoms with van der Waals surface area (Å²) in [5, 5.41) is 6.80. The van der Waals surface area contributed by atoms with Crippen molar-refractivity contribution in [3.63, 3.8) is 0 Å². The van der Waals surface area contributed by atoms with Crippen LogP contribution in [0.25, 0.3) is 0 Å². The predicted octanol–water partition coefficient (Wildman–Crippen LogP) is 0.910. The van der Waals surface area contributed by atoms with Gasteiger partial charge in [0.2, 0.25) is 0 Å². The van der Waals surface area contributed by atoms with Crippen LogP contribution in [0.2, 0.25) is 0 Å². The maximum absolute atomic E-state index is 12.7. The van der Waals surface area contributed by atoms with E-state index < -0.39 is 0 Å². The van der Waals surface area contributed by atoms with E-state index >= 15 is 0 Å². The van der Waals surface area contributed by atoms with Crippen LogP contribution in [0.1, 0.15) is 28.7 Å². The zero-order valence-electron chi connectivity index (χ0n) is 14.1. The number of pyridine rings is 1. The van der Waals surface area contributed by atoms with Gasteiger partial charge in [0.25, 0.3) is 5.91 Å². The topological polar surface area (TPSA) is 87.2 Å². The van der Waals surface area contributed by atoms with Crippen molar-refractivity contribution < 1.29 is 9.53 Å². The number of nitrogens with one attached hydrogen (secondary N) is 1. The Hall–Kier alpha value is -2.48. The fourth-order valence-electron chi connectivity index (χ4n) is 2.90. The Kier molecular flexibility index (Phi) is 4.75. The van der Waals surface area contributed by atoms with Gasteiger partial charge in [-0.2, -0.15) is 5.10 Å². The van der Waals surface area contributed by atoms with Crippen LogP contribution in [-0.2, 0) is 4.74 Å². The quantitative estimate of drug-likeness (QED) is 0.877. The van der Waals surface area contributed by atoms with Gasteiger partial charge in [-0.1, -0.05) is 0 Å². The molecule has 3 heterocycles. The first-order chi connectivity index (χ1) is 11.6. The molecule has 0 aromatic carbocycles. The molecule has 1 fully saturated rings. The highest BCUT2D eigenvalue weighted by Gasteiger charge is 2.33. The lowest BCUT2D eigenvalue weighted by Crippen LogP contribution is -2.36. The SMILES string of the molecule is CN(C[C@H]1OCC[C@H]1c1ncn[nH]1)C(=O)c1cc(N(C)C)ccn1. The van der Waals surface area contributed by atoms with Gasteiger partial charge >= 0.3 is 0 Å². The molecule has 1 saturated heterocycles. The van der Waals surface area contributed by atoms with Crippen LogP contribution < -0.4 is 4.90 Å². The first-order valence-electron chi connectivity index (χ1n) is 7.92. The highest BCUT2D eigenvalue weighted by atomic mass is 16.5. The van der Waals surface area contributed by atoms with Crippen LogP contribution in [0.4, 0.5) is 5.69 Å². The van der Waals surface area contributed by atoms with Gasteiger partial charge in [-0.15, -0.1) is 0 Å². The molecule has 8 heteroatoms. The maximum atomic E-state index is 12.7. The van der Waals surface area contributed by atoms with E-state index in [0.29, 0.717) is 18.8 Å². The molecule has 0 radical (unpaired) electrons. The van der Waals surface area contributed by atoms with Gasteiger partial charge in [-0.3, -0.25) is 14.9 Å². The highest BCUT2D eigenvalue weighted by Crippen LogP contribution is 2.29. The smallest absolute Gasteiger partial charge is 0.272 e. The number of hydrogen-bond acceptors (Lipinski definition) is 6. The average Bonchev–Trinajstić information content (AvgIpc) is 3.25. The minimum absolute atomic E-state index is 0.0936. The molecule has 1 aliphatic rings. The number of anilines is 1. The molecule has 0 unspecified atom stereocenters. The average molecular weight is 330 g/mol. The molecule has 0 spiro atoms. The Balaban J connectivity index is 1.69. The number of carbonyl (C=O) groups is 1. The molecular weight excluding hydrogens is 308 g/mol. The minimum Gasteiger partial charge on any atom is -0.378 e. The van der Waals surface area contributed by atoms with Crippen molar-refractivity contribution in [1.82, 2.24) is 25.1 Å². The third-order valence-electron chi connectivity index (χ3n) is 4.27. The molecule has 1 amide bonds. The summed E-state index contributed by atoms with van der Waals surface area (Å²) in [5.41, 5.74) is 1.37. The van der Waals surface area contributed by atoms with Crippen LogP contribution in [0.15, 0.2) is 24.7 Å². The van der Waals surface area contributed by atoms with Crippen molar-refractivity contribution in [1.29, 1.82) is 0 Å². The lowest BCUT2D eigenvalue weighted by molar-refractivity contribution is 0.0546. The van der Waals surface area contributed by atoms with Crippen LogP contribution in [0.3, 0.4) is 0 Å². The number of nitrogens with zero attached hydrogens (tertiary/aromatic N) is 5. The van der Waals surface area contributed by atoms with E-state index in [1.165, 1.54) is 6.33 Å². The van der Waals surface area contributed by atoms with E-state index in [0.717, 1.165) is 17.9 Å². The Morgan fingerprint density at radius 2 is 2.21 bits per heavy atom. The minimum atomic E-state index is -0.120. The number of ether oxygens (including phenoxy) is 1. The lowest BCUT2D eigenvalue weighted by Gasteiger charge is -2.24. The summed E-state index contributed by atoms with van der Waals surface area (Å²) >= 11 is 0. The largest absolute Gasteiger partial charge is 0.378 e. The second kappa shape index (κ2) is 6.96. The summed E-state index contributed by atoms with van der Waals surface area (Å²) in [6, 6.07) is 3.67. The number of carbonyl (C=O) groups excluding carboxylic acids is 1. The van der Waals surface area contributed by atoms with Gasteiger partial charge in [0, 0.05) is 52.1 Å². The molecule has 2 atom stereocenters. The Morgan fingerprint density at radius 1 is 1.38 bits per heavy atom. The van der Waals surface area contributed by atoms with Gasteiger partial charge < -0.3 is 14.5 Å². The molecule has 0 bridgehead atoms. The fraction of sp³-hybridized carbons (Fsp3) is 0.500. The normalized spacial score (nSPS) is 20.1. The highest BCUT2D eigenvalue weighted by molar-refractivity contribution is 5.93. The van der Waals surface area contributed by atoms with E-state index in [9.17, 15) is 4.79 Å². The van der Waals surface area contributed by atoms with Gasteiger partial charge in [-0.25, -0.2) is 4.98 Å². The molecule has 2 aromatic rings. The fourth-order valence-corrected chi connectivity index (χ4v) is 2.90. The van der Waals surface area contributed by atoms with Crippen molar-refractivity contribution in [2.75, 3.05) is 39.2 Å². The summed E-state index contributed by atoms with van der Waals surface area (Å²) in [6.07, 6.45) is 3.93. The summed E-state index contributed by atoms with van der Waals surface area (Å²) in [7, 11) is 5.63. The Bertz CT molecular complexity index is 688. The number of aromatic amines is 1. The molecule has 3 rings (SSSR count). The molecule has 24 heavy (non-hydrogen) atoms. The predicted molar refractivity (Wildman–Crippen MR) is 89.0 cm³/mol. The first kappa shape index (κ1) is 16.4. The van der Waals surface area contributed by atoms with E-state index in [4.69, 9.17) is 4.74 Å². The molecule has 1 N–H and O–H groups in total. The Labute approximate surface area is 140 Å². The number of likely N-dealkylation sites (N-methyl/N-ethyl adjacent to an activating group) is 1. The van der Waals surface area contributed by atoms with Gasteiger partial charge in [0.1, 0.15) is 17.8 Å². The zero-order valence-corrected chi connectivity index (χ0v) is 14.1. The van der Waals surface area contributed by atoms with Crippen LogP contribution in [-0.4, -0.2) is 71.4 Å². The molecular formula is C16H22N6O2. The maximum Gasteiger partial charge on any atom is 0.272 e. The zero-order chi connectivity index (χ0) is 17.1. The molecule has 0 saturated carbocycles. The number of aromatic nitrogens is 4. The van der Waals surface area contributed by atoms with Crippen molar-refractivity contribution in [2.24, 2.45) is 0 Å². The molecule has 8 nitrogen and oxygen atoms in total. The first-order valence-corrected chi connectivity index (χ1v) is 7.92. The molecule has 1 aliphatic heterocycles. The van der Waals surface area contributed by atoms with Gasteiger partial charge in [0.15, 0.2) is 0 Å². The van der Waals surface area contributed by atoms with E-state index in [-0.39, 0.29) is 17.9 Å². The summed E-state index contributed by atoms with van der Waals surface area (Å²) in [4.78, 5) is 24.7. The van der Waals surface area contributed by atoms with Crippen molar-refractivity contribution in [3.8, 4) is 0 Å². The van der Waals surface area contributed by atoms with Crippen LogP contribution in [0.5, 0.6) is 0 Å². The van der Waals surface area contributed by atoms with Gasteiger partial charge in [0.05, 0.1) is 6.10 Å². The van der Waals surface area contributed by atoms with E-state index in [1.54, 1.807) is 24.2 Å². The molecule has 128 valence electrons. The standard InChI is InChI=1S/C16H22N6O2/c1-21(2)11-4-6-17-13(8-11)16(23)22(3)9-14-12(5-7-24-14)15-18-10-19-20-15/h4,6,8,10,12,14H,5,7,9H2,1-3H3,(H,18,19,20)/t12-,14-/m1/s1. The Morgan fingerprint density at radius 3 is 2.92 bits per heavy atom. The second-order valence-electron chi connectivity index (χ2n) is 6.15. The number of H-pyrrole nitrogens is 1. The molecule has 0 aliphatic carbocycles. The summed E-state index contributed by atoms with van der Waals surface area (Å²) in [6.45, 7) is 1.14. The van der Waals surface area contributed by atoms with Crippen molar-refractivity contribution in [3.05, 3.63) is 36.2 Å². The number of amides is 1.